The van der Waals surface area contributed by atoms with Crippen LogP contribution >= 0.6 is 0 Å². The molecule has 1 aliphatic rings. The average molecular weight is 322 g/mol. The molecule has 2 unspecified atom stereocenters. The number of nitrogens with two attached hydrogens (primary N) is 1. The van der Waals surface area contributed by atoms with Gasteiger partial charge in [0.1, 0.15) is 0 Å². The van der Waals surface area contributed by atoms with E-state index in [-0.39, 0.29) is 17.6 Å². The first kappa shape index (κ1) is 16.1. The molecule has 3 N–H and O–H groups in total. The van der Waals surface area contributed by atoms with Crippen LogP contribution in [-0.4, -0.2) is 26.5 Å². The first-order valence-electron chi connectivity index (χ1n) is 6.61. The number of halogens is 3. The highest BCUT2D eigenvalue weighted by Crippen LogP contribution is 2.34. The lowest BCUT2D eigenvalue weighted by atomic mass is 10.1. The smallest absolute Gasteiger partial charge is 0.384 e. The molecule has 1 aromatic rings. The van der Waals surface area contributed by atoms with Crippen molar-refractivity contribution in [3.63, 3.8) is 0 Å². The minimum absolute atomic E-state index is 0.0182. The van der Waals surface area contributed by atoms with Crippen molar-refractivity contribution >= 4 is 15.5 Å². The third kappa shape index (κ3) is 3.49. The molecular weight excluding hydrogens is 305 g/mol. The number of benzene rings is 1. The summed E-state index contributed by atoms with van der Waals surface area (Å²) in [7, 11) is -5.35. The van der Waals surface area contributed by atoms with E-state index in [1.807, 2.05) is 0 Å². The summed E-state index contributed by atoms with van der Waals surface area (Å²) in [6.45, 7) is 0.415. The third-order valence-electron chi connectivity index (χ3n) is 3.64. The molecule has 118 valence electrons. The molecule has 1 fully saturated rings. The highest BCUT2D eigenvalue weighted by molar-refractivity contribution is 7.92. The fourth-order valence-corrected chi connectivity index (χ4v) is 3.46. The van der Waals surface area contributed by atoms with Gasteiger partial charge in [0.2, 0.25) is 0 Å². The molecule has 0 aliphatic heterocycles. The van der Waals surface area contributed by atoms with Crippen LogP contribution in [0.25, 0.3) is 0 Å². The van der Waals surface area contributed by atoms with Gasteiger partial charge in [-0.1, -0.05) is 12.1 Å². The van der Waals surface area contributed by atoms with Crippen LogP contribution in [0.3, 0.4) is 0 Å². The zero-order valence-corrected chi connectivity index (χ0v) is 12.0. The van der Waals surface area contributed by atoms with Crippen molar-refractivity contribution in [2.24, 2.45) is 11.7 Å². The molecule has 2 rings (SSSR count). The number of sulfone groups is 1. The number of anilines is 1. The predicted octanol–water partition coefficient (Wildman–Crippen LogP) is 2.52. The molecular formula is C13H17F3N2O2S. The van der Waals surface area contributed by atoms with Gasteiger partial charge in [-0.2, -0.15) is 13.2 Å². The van der Waals surface area contributed by atoms with Crippen LogP contribution in [0.1, 0.15) is 19.3 Å². The van der Waals surface area contributed by atoms with Gasteiger partial charge in [-0.15, -0.1) is 0 Å². The minimum atomic E-state index is -5.35. The van der Waals surface area contributed by atoms with Crippen molar-refractivity contribution < 1.29 is 21.6 Å². The molecule has 0 radical (unpaired) electrons. The van der Waals surface area contributed by atoms with E-state index >= 15 is 0 Å². The number of rotatable bonds is 4. The van der Waals surface area contributed by atoms with Crippen molar-refractivity contribution in [2.75, 3.05) is 11.9 Å². The molecule has 0 bridgehead atoms. The lowest BCUT2D eigenvalue weighted by Gasteiger charge is -2.16. The molecule has 0 saturated heterocycles. The summed E-state index contributed by atoms with van der Waals surface area (Å²) in [5, 5.41) is 2.82. The Morgan fingerprint density at radius 3 is 2.48 bits per heavy atom. The second-order valence-electron chi connectivity index (χ2n) is 5.27. The first-order chi connectivity index (χ1) is 9.72. The summed E-state index contributed by atoms with van der Waals surface area (Å²) in [5.41, 5.74) is 0.455. The van der Waals surface area contributed by atoms with Gasteiger partial charge in [-0.3, -0.25) is 0 Å². The van der Waals surface area contributed by atoms with Crippen LogP contribution in [-0.2, 0) is 9.84 Å². The summed E-state index contributed by atoms with van der Waals surface area (Å²) < 4.78 is 61.1. The Morgan fingerprint density at radius 1 is 1.24 bits per heavy atom. The fourth-order valence-electron chi connectivity index (χ4n) is 2.53. The number of alkyl halides is 3. The molecule has 0 amide bonds. The monoisotopic (exact) mass is 322 g/mol. The van der Waals surface area contributed by atoms with Gasteiger partial charge in [0.15, 0.2) is 0 Å². The van der Waals surface area contributed by atoms with Crippen LogP contribution in [0.15, 0.2) is 29.2 Å². The Labute approximate surface area is 121 Å². The zero-order valence-electron chi connectivity index (χ0n) is 11.2. The van der Waals surface area contributed by atoms with E-state index in [4.69, 9.17) is 5.73 Å². The van der Waals surface area contributed by atoms with Gasteiger partial charge in [-0.25, -0.2) is 8.42 Å². The summed E-state index contributed by atoms with van der Waals surface area (Å²) >= 11 is 0. The summed E-state index contributed by atoms with van der Waals surface area (Å²) in [6.07, 6.45) is 2.57. The molecule has 1 saturated carbocycles. The fraction of sp³-hybridized carbons (Fsp3) is 0.538. The van der Waals surface area contributed by atoms with Crippen molar-refractivity contribution in [3.05, 3.63) is 24.3 Å². The number of hydrogen-bond donors (Lipinski definition) is 2. The summed E-state index contributed by atoms with van der Waals surface area (Å²) in [6, 6.07) is 5.19. The number of hydrogen-bond acceptors (Lipinski definition) is 4. The molecule has 0 spiro atoms. The Morgan fingerprint density at radius 2 is 1.90 bits per heavy atom. The lowest BCUT2D eigenvalue weighted by molar-refractivity contribution is -0.0435. The first-order valence-corrected chi connectivity index (χ1v) is 8.10. The quantitative estimate of drug-likeness (QED) is 0.893. The molecule has 1 aromatic carbocycles. The molecule has 1 aliphatic carbocycles. The van der Waals surface area contributed by atoms with E-state index in [2.05, 4.69) is 5.32 Å². The second-order valence-corrected chi connectivity index (χ2v) is 7.18. The van der Waals surface area contributed by atoms with Crippen molar-refractivity contribution in [1.82, 2.24) is 0 Å². The molecule has 4 nitrogen and oxygen atoms in total. The van der Waals surface area contributed by atoms with Crippen LogP contribution in [0, 0.1) is 5.92 Å². The van der Waals surface area contributed by atoms with Crippen molar-refractivity contribution in [2.45, 2.75) is 35.7 Å². The maximum atomic E-state index is 12.7. The molecule has 0 heterocycles. The topological polar surface area (TPSA) is 72.2 Å². The molecule has 2 atom stereocenters. The van der Waals surface area contributed by atoms with Crippen LogP contribution in [0.2, 0.25) is 0 Å². The Balaban J connectivity index is 2.18. The SMILES string of the molecule is NC1CCC(CNc2ccccc2S(=O)(=O)C(F)(F)F)C1. The van der Waals surface area contributed by atoms with E-state index in [1.165, 1.54) is 18.2 Å². The molecule has 0 aromatic heterocycles. The van der Waals surface area contributed by atoms with E-state index in [0.717, 1.165) is 25.3 Å². The summed E-state index contributed by atoms with van der Waals surface area (Å²) in [5.74, 6) is 0.252. The zero-order chi connectivity index (χ0) is 15.7. The van der Waals surface area contributed by atoms with E-state index in [0.29, 0.717) is 6.54 Å². The van der Waals surface area contributed by atoms with Crippen LogP contribution in [0.4, 0.5) is 18.9 Å². The highest BCUT2D eigenvalue weighted by Gasteiger charge is 2.47. The average Bonchev–Trinajstić information content (AvgIpc) is 2.81. The Hall–Kier alpha value is -1.28. The normalized spacial score (nSPS) is 23.2. The van der Waals surface area contributed by atoms with E-state index in [9.17, 15) is 21.6 Å². The number of para-hydroxylation sites is 1. The predicted molar refractivity (Wildman–Crippen MR) is 73.5 cm³/mol. The Bertz CT molecular complexity index is 602. The van der Waals surface area contributed by atoms with Gasteiger partial charge in [0, 0.05) is 12.6 Å². The highest BCUT2D eigenvalue weighted by atomic mass is 32.2. The van der Waals surface area contributed by atoms with Crippen molar-refractivity contribution in [1.29, 1.82) is 0 Å². The standard InChI is InChI=1S/C13H17F3N2O2S/c14-13(15,16)21(19,20)12-4-2-1-3-11(12)18-8-9-5-6-10(17)7-9/h1-4,9-10,18H,5-8,17H2. The Kier molecular flexibility index (Phi) is 4.48. The summed E-state index contributed by atoms with van der Waals surface area (Å²) in [4.78, 5) is -0.736. The van der Waals surface area contributed by atoms with Crippen LogP contribution in [0.5, 0.6) is 0 Å². The third-order valence-corrected chi connectivity index (χ3v) is 5.19. The van der Waals surface area contributed by atoms with Gasteiger partial charge < -0.3 is 11.1 Å². The van der Waals surface area contributed by atoms with Gasteiger partial charge in [0.25, 0.3) is 9.84 Å². The second kappa shape index (κ2) is 5.84. The maximum Gasteiger partial charge on any atom is 0.501 e. The minimum Gasteiger partial charge on any atom is -0.384 e. The number of nitrogens with one attached hydrogen (secondary N) is 1. The van der Waals surface area contributed by atoms with Crippen LogP contribution < -0.4 is 11.1 Å². The largest absolute Gasteiger partial charge is 0.501 e. The van der Waals surface area contributed by atoms with Crippen molar-refractivity contribution in [3.8, 4) is 0 Å². The maximum absolute atomic E-state index is 12.7. The molecule has 8 heteroatoms. The van der Waals surface area contributed by atoms with Gasteiger partial charge in [0.05, 0.1) is 10.6 Å². The lowest BCUT2D eigenvalue weighted by Crippen LogP contribution is -2.25. The van der Waals surface area contributed by atoms with E-state index in [1.54, 1.807) is 0 Å². The molecule has 21 heavy (non-hydrogen) atoms. The van der Waals surface area contributed by atoms with Gasteiger partial charge >= 0.3 is 5.51 Å². The van der Waals surface area contributed by atoms with E-state index < -0.39 is 20.2 Å². The van der Waals surface area contributed by atoms with Gasteiger partial charge in [-0.05, 0) is 37.3 Å².